The molecule has 2 heteroatoms. The van der Waals surface area contributed by atoms with E-state index in [0.717, 1.165) is 23.0 Å². The molecule has 25 heavy (non-hydrogen) atoms. The molecule has 0 bridgehead atoms. The highest BCUT2D eigenvalue weighted by Crippen LogP contribution is 2.58. The molecule has 0 aliphatic heterocycles. The molecule has 6 atom stereocenters. The van der Waals surface area contributed by atoms with E-state index in [1.807, 2.05) is 6.92 Å². The number of fused-ring (bicyclic) bond motifs is 1. The van der Waals surface area contributed by atoms with Gasteiger partial charge in [0.15, 0.2) is 0 Å². The van der Waals surface area contributed by atoms with Crippen LogP contribution < -0.4 is 0 Å². The minimum Gasteiger partial charge on any atom is -0.393 e. The first-order valence-electron chi connectivity index (χ1n) is 10.3. The molecular weight excluding hydrogens is 308 g/mol. The zero-order valence-electron chi connectivity index (χ0n) is 16.5. The molecule has 3 aliphatic carbocycles. The van der Waals surface area contributed by atoms with Crippen molar-refractivity contribution in [3.05, 3.63) is 34.9 Å². The molecule has 0 aromatic carbocycles. The molecular formula is C23H36O2. The highest BCUT2D eigenvalue weighted by Gasteiger charge is 2.49. The summed E-state index contributed by atoms with van der Waals surface area (Å²) in [5, 5.41) is 20.1. The van der Waals surface area contributed by atoms with E-state index in [9.17, 15) is 10.2 Å². The first kappa shape index (κ1) is 18.9. The lowest BCUT2D eigenvalue weighted by Crippen LogP contribution is -2.34. The molecule has 3 aliphatic rings. The standard InChI is InChI=1S/C23H36O2/c1-5-15(2)20-10-11-21-17(7-6-12-23(20,21)4)8-9-18-13-19(24)14-22(25)16(18)3/h7-9,15,19-22,24-25H,5-6,10-14H2,1-4H3/b9-8-/t15-,19?,20-,21?,22+,23-/m1/s1. The van der Waals surface area contributed by atoms with Crippen molar-refractivity contribution < 1.29 is 10.2 Å². The largest absolute Gasteiger partial charge is 0.393 e. The number of hydrogen-bond acceptors (Lipinski definition) is 2. The quantitative estimate of drug-likeness (QED) is 0.738. The molecule has 3 rings (SSSR count). The van der Waals surface area contributed by atoms with E-state index in [-0.39, 0.29) is 0 Å². The Balaban J connectivity index is 1.80. The van der Waals surface area contributed by atoms with Crippen LogP contribution in [0.4, 0.5) is 0 Å². The van der Waals surface area contributed by atoms with Crippen molar-refractivity contribution >= 4 is 0 Å². The monoisotopic (exact) mass is 344 g/mol. The van der Waals surface area contributed by atoms with Crippen molar-refractivity contribution in [1.29, 1.82) is 0 Å². The first-order chi connectivity index (χ1) is 11.9. The average Bonchev–Trinajstić information content (AvgIpc) is 2.93. The minimum absolute atomic E-state index is 0.412. The molecule has 0 aromatic heterocycles. The Morgan fingerprint density at radius 3 is 2.76 bits per heavy atom. The SMILES string of the molecule is CC[C@@H](C)[C@H]1CCC2C(/C=C\C3=C(C)[C@@H](O)CC(O)C3)=CCC[C@@]21C. The lowest BCUT2D eigenvalue weighted by Gasteiger charge is -2.43. The number of rotatable bonds is 4. The highest BCUT2D eigenvalue weighted by atomic mass is 16.3. The number of allylic oxidation sites excluding steroid dienone is 4. The third-order valence-corrected chi connectivity index (χ3v) is 7.64. The molecule has 0 heterocycles. The van der Waals surface area contributed by atoms with Gasteiger partial charge in [-0.1, -0.05) is 45.4 Å². The number of aliphatic hydroxyl groups excluding tert-OH is 2. The number of aliphatic hydroxyl groups is 2. The van der Waals surface area contributed by atoms with Crippen LogP contribution in [-0.2, 0) is 0 Å². The molecule has 1 saturated carbocycles. The molecule has 0 radical (unpaired) electrons. The second-order valence-corrected chi connectivity index (χ2v) is 9.02. The second-order valence-electron chi connectivity index (χ2n) is 9.02. The Bertz CT molecular complexity index is 585. The van der Waals surface area contributed by atoms with E-state index >= 15 is 0 Å². The summed E-state index contributed by atoms with van der Waals surface area (Å²) in [6.07, 6.45) is 13.6. The van der Waals surface area contributed by atoms with Crippen LogP contribution >= 0.6 is 0 Å². The Morgan fingerprint density at radius 1 is 1.28 bits per heavy atom. The third-order valence-electron chi connectivity index (χ3n) is 7.64. The van der Waals surface area contributed by atoms with Crippen molar-refractivity contribution in [2.45, 2.75) is 84.8 Å². The Kier molecular flexibility index (Phi) is 5.60. The van der Waals surface area contributed by atoms with Crippen LogP contribution in [0.2, 0.25) is 0 Å². The van der Waals surface area contributed by atoms with Crippen LogP contribution in [0.1, 0.15) is 72.6 Å². The van der Waals surface area contributed by atoms with Gasteiger partial charge in [-0.2, -0.15) is 0 Å². The Morgan fingerprint density at radius 2 is 2.04 bits per heavy atom. The van der Waals surface area contributed by atoms with Crippen LogP contribution in [0, 0.1) is 23.2 Å². The predicted molar refractivity (Wildman–Crippen MR) is 104 cm³/mol. The molecule has 140 valence electrons. The minimum atomic E-state index is -0.490. The van der Waals surface area contributed by atoms with E-state index < -0.39 is 12.2 Å². The van der Waals surface area contributed by atoms with Crippen molar-refractivity contribution in [3.8, 4) is 0 Å². The molecule has 0 aromatic rings. The fraction of sp³-hybridized carbons (Fsp3) is 0.739. The Labute approximate surface area is 153 Å². The van der Waals surface area contributed by atoms with Crippen LogP contribution in [0.15, 0.2) is 34.9 Å². The molecule has 1 fully saturated rings. The van der Waals surface area contributed by atoms with Crippen LogP contribution in [0.25, 0.3) is 0 Å². The lowest BCUT2D eigenvalue weighted by molar-refractivity contribution is 0.0878. The predicted octanol–water partition coefficient (Wildman–Crippen LogP) is 5.17. The van der Waals surface area contributed by atoms with E-state index in [1.54, 1.807) is 0 Å². The molecule has 0 spiro atoms. The van der Waals surface area contributed by atoms with E-state index in [1.165, 1.54) is 37.7 Å². The summed E-state index contributed by atoms with van der Waals surface area (Å²) in [5.41, 5.74) is 4.09. The van der Waals surface area contributed by atoms with Gasteiger partial charge in [0.05, 0.1) is 12.2 Å². The van der Waals surface area contributed by atoms with Gasteiger partial charge in [-0.25, -0.2) is 0 Å². The van der Waals surface area contributed by atoms with Gasteiger partial charge in [0.1, 0.15) is 0 Å². The van der Waals surface area contributed by atoms with Crippen LogP contribution in [-0.4, -0.2) is 22.4 Å². The summed E-state index contributed by atoms with van der Waals surface area (Å²) < 4.78 is 0. The normalized spacial score (nSPS) is 40.3. The summed E-state index contributed by atoms with van der Waals surface area (Å²) in [7, 11) is 0. The average molecular weight is 345 g/mol. The topological polar surface area (TPSA) is 40.5 Å². The van der Waals surface area contributed by atoms with Gasteiger partial charge in [-0.3, -0.25) is 0 Å². The highest BCUT2D eigenvalue weighted by molar-refractivity contribution is 5.37. The van der Waals surface area contributed by atoms with Gasteiger partial charge in [0, 0.05) is 6.42 Å². The molecule has 0 amide bonds. The van der Waals surface area contributed by atoms with Crippen LogP contribution in [0.3, 0.4) is 0 Å². The summed E-state index contributed by atoms with van der Waals surface area (Å²) in [6, 6.07) is 0. The van der Waals surface area contributed by atoms with Gasteiger partial charge >= 0.3 is 0 Å². The fourth-order valence-corrected chi connectivity index (χ4v) is 5.81. The first-order valence-corrected chi connectivity index (χ1v) is 10.3. The van der Waals surface area contributed by atoms with Gasteiger partial charge in [-0.05, 0) is 78.9 Å². The van der Waals surface area contributed by atoms with E-state index in [4.69, 9.17) is 0 Å². The van der Waals surface area contributed by atoms with Gasteiger partial charge in [-0.15, -0.1) is 0 Å². The molecule has 0 saturated heterocycles. The maximum absolute atomic E-state index is 10.1. The van der Waals surface area contributed by atoms with Gasteiger partial charge in [0.2, 0.25) is 0 Å². The maximum atomic E-state index is 10.1. The summed E-state index contributed by atoms with van der Waals surface area (Å²) in [5.74, 6) is 2.33. The van der Waals surface area contributed by atoms with Gasteiger partial charge in [0.25, 0.3) is 0 Å². The van der Waals surface area contributed by atoms with Crippen molar-refractivity contribution in [2.75, 3.05) is 0 Å². The second kappa shape index (κ2) is 7.40. The van der Waals surface area contributed by atoms with Crippen molar-refractivity contribution in [1.82, 2.24) is 0 Å². The van der Waals surface area contributed by atoms with Crippen LogP contribution in [0.5, 0.6) is 0 Å². The summed E-state index contributed by atoms with van der Waals surface area (Å²) in [4.78, 5) is 0. The lowest BCUT2D eigenvalue weighted by atomic mass is 9.62. The van der Waals surface area contributed by atoms with E-state index in [0.29, 0.717) is 24.2 Å². The number of hydrogen-bond donors (Lipinski definition) is 2. The Hall–Kier alpha value is -0.860. The summed E-state index contributed by atoms with van der Waals surface area (Å²) in [6.45, 7) is 9.30. The van der Waals surface area contributed by atoms with Crippen molar-refractivity contribution in [2.24, 2.45) is 23.2 Å². The third kappa shape index (κ3) is 3.53. The zero-order chi connectivity index (χ0) is 18.2. The summed E-state index contributed by atoms with van der Waals surface area (Å²) >= 11 is 0. The van der Waals surface area contributed by atoms with E-state index in [2.05, 4.69) is 39.0 Å². The molecule has 2 unspecified atom stereocenters. The smallest absolute Gasteiger partial charge is 0.0777 e. The van der Waals surface area contributed by atoms with Gasteiger partial charge < -0.3 is 10.2 Å². The molecule has 2 nitrogen and oxygen atoms in total. The van der Waals surface area contributed by atoms with Crippen molar-refractivity contribution in [3.63, 3.8) is 0 Å². The fourth-order valence-electron chi connectivity index (χ4n) is 5.81. The maximum Gasteiger partial charge on any atom is 0.0777 e. The zero-order valence-corrected chi connectivity index (χ0v) is 16.5. The molecule has 2 N–H and O–H groups in total.